The van der Waals surface area contributed by atoms with Crippen molar-refractivity contribution in [3.05, 3.63) is 47.5 Å². The van der Waals surface area contributed by atoms with Gasteiger partial charge in [-0.2, -0.15) is 5.10 Å². The Labute approximate surface area is 123 Å². The van der Waals surface area contributed by atoms with Crippen molar-refractivity contribution in [3.63, 3.8) is 0 Å². The monoisotopic (exact) mass is 290 g/mol. The molecule has 1 amide bonds. The third-order valence-corrected chi connectivity index (χ3v) is 3.35. The van der Waals surface area contributed by atoms with E-state index in [4.69, 9.17) is 5.73 Å². The van der Waals surface area contributed by atoms with Crippen LogP contribution in [-0.2, 0) is 6.42 Å². The van der Waals surface area contributed by atoms with E-state index in [1.165, 1.54) is 17.8 Å². The Morgan fingerprint density at radius 1 is 1.48 bits per heavy atom. The number of carbonyl (C=O) groups is 1. The number of nitrogens with one attached hydrogen (secondary N) is 1. The predicted molar refractivity (Wildman–Crippen MR) is 78.9 cm³/mol. The van der Waals surface area contributed by atoms with Gasteiger partial charge < -0.3 is 11.1 Å². The number of rotatable bonds is 5. The summed E-state index contributed by atoms with van der Waals surface area (Å²) in [5, 5.41) is 6.62. The van der Waals surface area contributed by atoms with Crippen LogP contribution in [-0.4, -0.2) is 28.8 Å². The Hall–Kier alpha value is -2.21. The summed E-state index contributed by atoms with van der Waals surface area (Å²) in [6.45, 7) is 1.99. The Kier molecular flexibility index (Phi) is 4.70. The molecule has 0 spiro atoms. The average Bonchev–Trinajstić information content (AvgIpc) is 2.95. The van der Waals surface area contributed by atoms with Gasteiger partial charge in [-0.3, -0.25) is 4.79 Å². The van der Waals surface area contributed by atoms with E-state index in [1.54, 1.807) is 18.3 Å². The van der Waals surface area contributed by atoms with Crippen LogP contribution in [0, 0.1) is 5.82 Å². The van der Waals surface area contributed by atoms with Crippen molar-refractivity contribution in [2.24, 2.45) is 5.73 Å². The number of aromatic nitrogens is 2. The second-order valence-corrected chi connectivity index (χ2v) is 4.84. The van der Waals surface area contributed by atoms with Gasteiger partial charge in [0.1, 0.15) is 11.5 Å². The number of nitrogens with two attached hydrogens (primary N) is 1. The first-order valence-electron chi connectivity index (χ1n) is 6.88. The van der Waals surface area contributed by atoms with Crippen molar-refractivity contribution < 1.29 is 9.18 Å². The average molecular weight is 290 g/mol. The van der Waals surface area contributed by atoms with Gasteiger partial charge >= 0.3 is 0 Å². The van der Waals surface area contributed by atoms with Crippen LogP contribution in [0.1, 0.15) is 29.4 Å². The minimum Gasteiger partial charge on any atom is -0.354 e. The number of hydrogen-bond acceptors (Lipinski definition) is 3. The van der Waals surface area contributed by atoms with Gasteiger partial charge in [0.05, 0.1) is 0 Å². The summed E-state index contributed by atoms with van der Waals surface area (Å²) in [6, 6.07) is 6.36. The molecule has 0 aliphatic carbocycles. The van der Waals surface area contributed by atoms with Gasteiger partial charge in [-0.1, -0.05) is 19.1 Å². The third kappa shape index (κ3) is 3.28. The molecule has 1 unspecified atom stereocenters. The maximum absolute atomic E-state index is 14.2. The van der Waals surface area contributed by atoms with Gasteiger partial charge in [0.25, 0.3) is 5.91 Å². The smallest absolute Gasteiger partial charge is 0.271 e. The first-order chi connectivity index (χ1) is 10.1. The van der Waals surface area contributed by atoms with Crippen LogP contribution in [0.3, 0.4) is 0 Å². The van der Waals surface area contributed by atoms with Crippen molar-refractivity contribution in [3.8, 4) is 5.69 Å². The number of amides is 1. The molecule has 2 aromatic rings. The molecule has 2 rings (SSSR count). The van der Waals surface area contributed by atoms with E-state index in [0.29, 0.717) is 12.1 Å². The first-order valence-corrected chi connectivity index (χ1v) is 6.88. The highest BCUT2D eigenvalue weighted by atomic mass is 19.1. The lowest BCUT2D eigenvalue weighted by atomic mass is 10.0. The van der Waals surface area contributed by atoms with Crippen molar-refractivity contribution in [2.75, 3.05) is 7.05 Å². The van der Waals surface area contributed by atoms with Crippen LogP contribution < -0.4 is 11.1 Å². The fourth-order valence-corrected chi connectivity index (χ4v) is 2.11. The Morgan fingerprint density at radius 3 is 2.90 bits per heavy atom. The maximum atomic E-state index is 14.2. The van der Waals surface area contributed by atoms with Gasteiger partial charge in [-0.15, -0.1) is 0 Å². The van der Waals surface area contributed by atoms with E-state index < -0.39 is 0 Å². The molecule has 5 nitrogen and oxygen atoms in total. The molecule has 0 aliphatic heterocycles. The fourth-order valence-electron chi connectivity index (χ4n) is 2.11. The standard InChI is InChI=1S/C15H19FN4O/c1-3-11(17)9-10-5-4-6-12(16)14(10)20-8-7-13(19-20)15(21)18-2/h4-8,11H,3,9,17H2,1-2H3,(H,18,21). The molecule has 1 aromatic carbocycles. The summed E-state index contributed by atoms with van der Waals surface area (Å²) < 4.78 is 15.6. The predicted octanol–water partition coefficient (Wildman–Crippen LogP) is 1.65. The normalized spacial score (nSPS) is 12.2. The van der Waals surface area contributed by atoms with Crippen LogP contribution in [0.15, 0.2) is 30.5 Å². The molecule has 0 aliphatic rings. The molecule has 0 fully saturated rings. The highest BCUT2D eigenvalue weighted by Gasteiger charge is 2.15. The van der Waals surface area contributed by atoms with Gasteiger partial charge in [0.2, 0.25) is 0 Å². The maximum Gasteiger partial charge on any atom is 0.271 e. The summed E-state index contributed by atoms with van der Waals surface area (Å²) >= 11 is 0. The summed E-state index contributed by atoms with van der Waals surface area (Å²) in [5.74, 6) is -0.695. The van der Waals surface area contributed by atoms with Crippen LogP contribution >= 0.6 is 0 Å². The van der Waals surface area contributed by atoms with Crippen molar-refractivity contribution in [1.29, 1.82) is 0 Å². The number of para-hydroxylation sites is 1. The fraction of sp³-hybridized carbons (Fsp3) is 0.333. The van der Waals surface area contributed by atoms with Gasteiger partial charge in [-0.05, 0) is 30.5 Å². The number of nitrogens with zero attached hydrogens (tertiary/aromatic N) is 2. The number of halogens is 1. The Morgan fingerprint density at radius 2 is 2.24 bits per heavy atom. The zero-order valence-corrected chi connectivity index (χ0v) is 12.1. The molecule has 1 aromatic heterocycles. The number of hydrogen-bond donors (Lipinski definition) is 2. The highest BCUT2D eigenvalue weighted by Crippen LogP contribution is 2.20. The van der Waals surface area contributed by atoms with E-state index >= 15 is 0 Å². The zero-order chi connectivity index (χ0) is 15.4. The molecule has 0 saturated carbocycles. The van der Waals surface area contributed by atoms with Gasteiger partial charge in [0.15, 0.2) is 5.69 Å². The number of benzene rings is 1. The van der Waals surface area contributed by atoms with E-state index in [0.717, 1.165) is 12.0 Å². The quantitative estimate of drug-likeness (QED) is 0.879. The molecular weight excluding hydrogens is 271 g/mol. The van der Waals surface area contributed by atoms with Crippen LogP contribution in [0.2, 0.25) is 0 Å². The molecule has 3 N–H and O–H groups in total. The van der Waals surface area contributed by atoms with E-state index in [9.17, 15) is 9.18 Å². The van der Waals surface area contributed by atoms with E-state index in [1.807, 2.05) is 13.0 Å². The topological polar surface area (TPSA) is 72.9 Å². The minimum atomic E-state index is -0.387. The lowest BCUT2D eigenvalue weighted by Gasteiger charge is -2.14. The van der Waals surface area contributed by atoms with Crippen LogP contribution in [0.25, 0.3) is 5.69 Å². The van der Waals surface area contributed by atoms with E-state index in [2.05, 4.69) is 10.4 Å². The highest BCUT2D eigenvalue weighted by molar-refractivity contribution is 5.91. The van der Waals surface area contributed by atoms with Crippen LogP contribution in [0.4, 0.5) is 4.39 Å². The molecular formula is C15H19FN4O. The molecule has 0 radical (unpaired) electrons. The molecule has 0 bridgehead atoms. The number of carbonyl (C=O) groups excluding carboxylic acids is 1. The van der Waals surface area contributed by atoms with E-state index in [-0.39, 0.29) is 23.5 Å². The second kappa shape index (κ2) is 6.49. The molecule has 0 saturated heterocycles. The Bertz CT molecular complexity index is 638. The molecule has 1 heterocycles. The first kappa shape index (κ1) is 15.2. The summed E-state index contributed by atoms with van der Waals surface area (Å²) in [5.41, 5.74) is 7.32. The van der Waals surface area contributed by atoms with Crippen molar-refractivity contribution in [2.45, 2.75) is 25.8 Å². The Balaban J connectivity index is 2.42. The lowest BCUT2D eigenvalue weighted by Crippen LogP contribution is -2.23. The molecule has 6 heteroatoms. The van der Waals surface area contributed by atoms with Gasteiger partial charge in [-0.25, -0.2) is 9.07 Å². The van der Waals surface area contributed by atoms with Crippen molar-refractivity contribution in [1.82, 2.24) is 15.1 Å². The largest absolute Gasteiger partial charge is 0.354 e. The lowest BCUT2D eigenvalue weighted by molar-refractivity contribution is 0.0957. The molecule has 21 heavy (non-hydrogen) atoms. The second-order valence-electron chi connectivity index (χ2n) is 4.84. The van der Waals surface area contributed by atoms with Gasteiger partial charge in [0, 0.05) is 19.3 Å². The SMILES string of the molecule is CCC(N)Cc1cccc(F)c1-n1ccc(C(=O)NC)n1. The molecule has 1 atom stereocenters. The summed E-state index contributed by atoms with van der Waals surface area (Å²) in [4.78, 5) is 11.6. The molecule has 112 valence electrons. The van der Waals surface area contributed by atoms with Crippen LogP contribution in [0.5, 0.6) is 0 Å². The summed E-state index contributed by atoms with van der Waals surface area (Å²) in [6.07, 6.45) is 2.93. The summed E-state index contributed by atoms with van der Waals surface area (Å²) in [7, 11) is 1.52. The zero-order valence-electron chi connectivity index (χ0n) is 12.1. The minimum absolute atomic E-state index is 0.0421. The third-order valence-electron chi connectivity index (χ3n) is 3.35. The van der Waals surface area contributed by atoms with Crippen molar-refractivity contribution >= 4 is 5.91 Å².